The topological polar surface area (TPSA) is 49.8 Å². The number of halogens is 4. The predicted octanol–water partition coefficient (Wildman–Crippen LogP) is 3.04. The molecule has 0 aliphatic carbocycles. The summed E-state index contributed by atoms with van der Waals surface area (Å²) in [5.41, 5.74) is -0.448. The van der Waals surface area contributed by atoms with Gasteiger partial charge in [-0.1, -0.05) is 11.6 Å². The molecule has 1 N–H and O–H groups in total. The first-order valence-electron chi connectivity index (χ1n) is 6.22. The normalized spacial score (nSPS) is 19.0. The van der Waals surface area contributed by atoms with Crippen LogP contribution in [0.5, 0.6) is 0 Å². The number of ether oxygens (including phenoxy) is 1. The van der Waals surface area contributed by atoms with Crippen molar-refractivity contribution in [2.24, 2.45) is 0 Å². The van der Waals surface area contributed by atoms with Gasteiger partial charge in [-0.3, -0.25) is 0 Å². The molecule has 0 amide bonds. The number of carbonyl (C=O) groups is 1. The number of aliphatic carboxylic acids is 1. The maximum absolute atomic E-state index is 12.8. The average Bonchev–Trinajstić information content (AvgIpc) is 2.83. The van der Waals surface area contributed by atoms with Crippen LogP contribution in [-0.2, 0) is 15.7 Å². The van der Waals surface area contributed by atoms with Gasteiger partial charge in [-0.25, -0.2) is 4.79 Å². The molecular formula is C13H13ClF3NO3. The van der Waals surface area contributed by atoms with E-state index in [1.54, 1.807) is 4.90 Å². The summed E-state index contributed by atoms with van der Waals surface area (Å²) in [6, 6.07) is 3.36. The zero-order valence-corrected chi connectivity index (χ0v) is 11.6. The van der Waals surface area contributed by atoms with Gasteiger partial charge in [0.15, 0.2) is 0 Å². The Hall–Kier alpha value is -1.47. The van der Waals surface area contributed by atoms with Crippen LogP contribution in [0.4, 0.5) is 18.9 Å². The quantitative estimate of drug-likeness (QED) is 0.925. The number of carboxylic acids is 1. The fraction of sp³-hybridized carbons (Fsp3) is 0.462. The van der Waals surface area contributed by atoms with Gasteiger partial charge in [0.2, 0.25) is 0 Å². The van der Waals surface area contributed by atoms with Gasteiger partial charge >= 0.3 is 12.1 Å². The van der Waals surface area contributed by atoms with E-state index in [9.17, 15) is 18.0 Å². The van der Waals surface area contributed by atoms with E-state index in [0.29, 0.717) is 25.2 Å². The Morgan fingerprint density at radius 3 is 2.76 bits per heavy atom. The van der Waals surface area contributed by atoms with E-state index in [4.69, 9.17) is 21.4 Å². The van der Waals surface area contributed by atoms with E-state index >= 15 is 0 Å². The van der Waals surface area contributed by atoms with Gasteiger partial charge in [-0.05, 0) is 24.6 Å². The summed E-state index contributed by atoms with van der Waals surface area (Å²) >= 11 is 5.74. The van der Waals surface area contributed by atoms with Crippen molar-refractivity contribution in [3.63, 3.8) is 0 Å². The van der Waals surface area contributed by atoms with E-state index in [0.717, 1.165) is 12.1 Å². The average molecular weight is 324 g/mol. The van der Waals surface area contributed by atoms with Crippen molar-refractivity contribution >= 4 is 23.3 Å². The largest absolute Gasteiger partial charge is 0.480 e. The Morgan fingerprint density at radius 2 is 2.14 bits per heavy atom. The highest BCUT2D eigenvalue weighted by molar-refractivity contribution is 6.31. The third-order valence-electron chi connectivity index (χ3n) is 3.16. The van der Waals surface area contributed by atoms with E-state index in [2.05, 4.69) is 0 Å². The van der Waals surface area contributed by atoms with Crippen molar-refractivity contribution in [1.29, 1.82) is 0 Å². The number of rotatable bonds is 4. The summed E-state index contributed by atoms with van der Waals surface area (Å²) in [5.74, 6) is -1.07. The lowest BCUT2D eigenvalue weighted by atomic mass is 10.2. The molecule has 116 valence electrons. The van der Waals surface area contributed by atoms with E-state index in [1.807, 2.05) is 0 Å². The number of nitrogens with zero attached hydrogens (tertiary/aromatic N) is 1. The maximum atomic E-state index is 12.8. The molecule has 0 saturated carbocycles. The molecule has 1 fully saturated rings. The smallest absolute Gasteiger partial charge is 0.416 e. The van der Waals surface area contributed by atoms with Crippen LogP contribution in [0.2, 0.25) is 5.02 Å². The molecule has 4 nitrogen and oxygen atoms in total. The monoisotopic (exact) mass is 323 g/mol. The van der Waals surface area contributed by atoms with E-state index in [1.165, 1.54) is 6.07 Å². The Balaban J connectivity index is 2.09. The Kier molecular flexibility index (Phi) is 4.63. The summed E-state index contributed by atoms with van der Waals surface area (Å²) in [6.07, 6.45) is -4.21. The first kappa shape index (κ1) is 15.9. The highest BCUT2D eigenvalue weighted by Gasteiger charge is 2.32. The predicted molar refractivity (Wildman–Crippen MR) is 70.7 cm³/mol. The van der Waals surface area contributed by atoms with Gasteiger partial charge in [0, 0.05) is 23.8 Å². The lowest BCUT2D eigenvalue weighted by Gasteiger charge is -2.20. The van der Waals surface area contributed by atoms with Gasteiger partial charge in [-0.2, -0.15) is 13.2 Å². The van der Waals surface area contributed by atoms with Crippen molar-refractivity contribution in [3.8, 4) is 0 Å². The summed E-state index contributed by atoms with van der Waals surface area (Å²) in [6.45, 7) is 0.411. The van der Waals surface area contributed by atoms with E-state index in [-0.39, 0.29) is 11.1 Å². The lowest BCUT2D eigenvalue weighted by Crippen LogP contribution is -2.24. The van der Waals surface area contributed by atoms with Crippen LogP contribution >= 0.6 is 11.6 Å². The fourth-order valence-corrected chi connectivity index (χ4v) is 2.44. The second kappa shape index (κ2) is 6.11. The molecule has 1 unspecified atom stereocenters. The third-order valence-corrected chi connectivity index (χ3v) is 3.38. The van der Waals surface area contributed by atoms with Crippen LogP contribution in [0.1, 0.15) is 12.0 Å². The van der Waals surface area contributed by atoms with Gasteiger partial charge in [0.25, 0.3) is 0 Å². The van der Waals surface area contributed by atoms with Gasteiger partial charge < -0.3 is 14.7 Å². The van der Waals surface area contributed by atoms with Crippen molar-refractivity contribution in [2.75, 3.05) is 24.6 Å². The van der Waals surface area contributed by atoms with Crippen LogP contribution in [0, 0.1) is 0 Å². The Labute approximate surface area is 124 Å². The zero-order valence-electron chi connectivity index (χ0n) is 10.9. The maximum Gasteiger partial charge on any atom is 0.416 e. The second-order valence-electron chi connectivity index (χ2n) is 4.76. The summed E-state index contributed by atoms with van der Waals surface area (Å²) < 4.78 is 43.4. The van der Waals surface area contributed by atoms with Gasteiger partial charge in [0.05, 0.1) is 11.7 Å². The first-order chi connectivity index (χ1) is 9.75. The van der Waals surface area contributed by atoms with E-state index < -0.39 is 24.3 Å². The molecule has 1 aliphatic rings. The number of hydrogen-bond acceptors (Lipinski definition) is 3. The molecule has 1 aromatic rings. The van der Waals surface area contributed by atoms with Crippen molar-refractivity contribution in [3.05, 3.63) is 28.8 Å². The van der Waals surface area contributed by atoms with Gasteiger partial charge in [0.1, 0.15) is 6.61 Å². The highest BCUT2D eigenvalue weighted by atomic mass is 35.5. The van der Waals surface area contributed by atoms with Crippen molar-refractivity contribution in [2.45, 2.75) is 18.7 Å². The van der Waals surface area contributed by atoms with Crippen LogP contribution in [0.3, 0.4) is 0 Å². The molecule has 0 aromatic heterocycles. The minimum absolute atomic E-state index is 0.00901. The first-order valence-corrected chi connectivity index (χ1v) is 6.59. The molecule has 1 saturated heterocycles. The van der Waals surface area contributed by atoms with Crippen molar-refractivity contribution in [1.82, 2.24) is 0 Å². The Morgan fingerprint density at radius 1 is 1.43 bits per heavy atom. The van der Waals surface area contributed by atoms with Crippen molar-refractivity contribution < 1.29 is 27.8 Å². The molecule has 2 rings (SSSR count). The van der Waals surface area contributed by atoms with Crippen LogP contribution < -0.4 is 4.90 Å². The summed E-state index contributed by atoms with van der Waals surface area (Å²) in [5, 5.41) is 8.55. The number of benzene rings is 1. The second-order valence-corrected chi connectivity index (χ2v) is 5.19. The molecule has 0 bridgehead atoms. The minimum atomic E-state index is -4.46. The zero-order chi connectivity index (χ0) is 15.6. The SMILES string of the molecule is O=C(O)COC1CCN(c2cc(Cl)cc(C(F)(F)F)c2)C1. The molecule has 1 aliphatic heterocycles. The lowest BCUT2D eigenvalue weighted by molar-refractivity contribution is -0.144. The number of anilines is 1. The molecular weight excluding hydrogens is 311 g/mol. The number of hydrogen-bond donors (Lipinski definition) is 1. The van der Waals surface area contributed by atoms with Crippen LogP contribution in [0.25, 0.3) is 0 Å². The van der Waals surface area contributed by atoms with Gasteiger partial charge in [-0.15, -0.1) is 0 Å². The summed E-state index contributed by atoms with van der Waals surface area (Å²) in [4.78, 5) is 12.1. The third kappa shape index (κ3) is 4.25. The molecule has 21 heavy (non-hydrogen) atoms. The number of carboxylic acid groups (broad SMARTS) is 1. The minimum Gasteiger partial charge on any atom is -0.480 e. The standard InChI is InChI=1S/C13H13ClF3NO3/c14-9-3-8(13(15,16)17)4-10(5-9)18-2-1-11(6-18)21-7-12(19)20/h3-5,11H,1-2,6-7H2,(H,19,20). The molecule has 0 radical (unpaired) electrons. The summed E-state index contributed by atoms with van der Waals surface area (Å²) in [7, 11) is 0. The molecule has 0 spiro atoms. The van der Waals surface area contributed by atoms with Crippen LogP contribution in [0.15, 0.2) is 18.2 Å². The molecule has 1 aromatic carbocycles. The molecule has 8 heteroatoms. The highest BCUT2D eigenvalue weighted by Crippen LogP contribution is 2.35. The number of alkyl halides is 3. The van der Waals surface area contributed by atoms with Crippen LogP contribution in [-0.4, -0.2) is 36.9 Å². The molecule has 1 atom stereocenters. The Bertz CT molecular complexity index is 536. The fourth-order valence-electron chi connectivity index (χ4n) is 2.21. The molecule has 1 heterocycles.